The van der Waals surface area contributed by atoms with Crippen LogP contribution in [0.2, 0.25) is 0 Å². The number of carboxylic acid groups (broad SMARTS) is 1. The quantitative estimate of drug-likeness (QED) is 0.854. The molecule has 0 bridgehead atoms. The second kappa shape index (κ2) is 7.44. The Labute approximate surface area is 148 Å². The van der Waals surface area contributed by atoms with Crippen LogP contribution in [-0.4, -0.2) is 54.2 Å². The fourth-order valence-corrected chi connectivity index (χ4v) is 3.95. The molecule has 3 rings (SSSR count). The van der Waals surface area contributed by atoms with E-state index < -0.39 is 12.0 Å². The number of carbonyl (C=O) groups is 2. The van der Waals surface area contributed by atoms with Gasteiger partial charge in [-0.2, -0.15) is 0 Å². The topological polar surface area (TPSA) is 78.9 Å². The van der Waals surface area contributed by atoms with E-state index in [1.54, 1.807) is 23.1 Å². The Kier molecular flexibility index (Phi) is 5.27. The first-order valence-electron chi connectivity index (χ1n) is 9.03. The third kappa shape index (κ3) is 3.63. The molecule has 6 nitrogen and oxygen atoms in total. The van der Waals surface area contributed by atoms with E-state index in [2.05, 4.69) is 5.32 Å². The van der Waals surface area contributed by atoms with E-state index in [-0.39, 0.29) is 11.3 Å². The predicted molar refractivity (Wildman–Crippen MR) is 93.8 cm³/mol. The van der Waals surface area contributed by atoms with E-state index in [9.17, 15) is 14.7 Å². The lowest BCUT2D eigenvalue weighted by Gasteiger charge is -2.33. The zero-order valence-corrected chi connectivity index (χ0v) is 14.7. The van der Waals surface area contributed by atoms with E-state index >= 15 is 0 Å². The highest BCUT2D eigenvalue weighted by atomic mass is 16.5. The number of ether oxygens (including phenoxy) is 1. The summed E-state index contributed by atoms with van der Waals surface area (Å²) in [5, 5.41) is 13.0. The normalized spacial score (nSPS) is 22.1. The minimum atomic E-state index is -0.921. The summed E-state index contributed by atoms with van der Waals surface area (Å²) >= 11 is 0. The van der Waals surface area contributed by atoms with Gasteiger partial charge in [-0.05, 0) is 56.3 Å². The molecule has 0 aromatic heterocycles. The van der Waals surface area contributed by atoms with Crippen LogP contribution < -0.4 is 10.1 Å². The molecule has 1 atom stereocenters. The fourth-order valence-electron chi connectivity index (χ4n) is 3.95. The highest BCUT2D eigenvalue weighted by Crippen LogP contribution is 2.43. The largest absolute Gasteiger partial charge is 0.493 e. The molecular formula is C19H26N2O4. The van der Waals surface area contributed by atoms with Crippen molar-refractivity contribution in [2.75, 3.05) is 26.2 Å². The van der Waals surface area contributed by atoms with Crippen molar-refractivity contribution in [3.8, 4) is 5.75 Å². The zero-order valence-electron chi connectivity index (χ0n) is 14.7. The van der Waals surface area contributed by atoms with Crippen LogP contribution in [0.25, 0.3) is 0 Å². The molecule has 2 aliphatic heterocycles. The number of hydrogen-bond donors (Lipinski definition) is 2. The van der Waals surface area contributed by atoms with Crippen molar-refractivity contribution in [1.82, 2.24) is 10.2 Å². The van der Waals surface area contributed by atoms with Crippen LogP contribution in [-0.2, 0) is 4.79 Å². The molecule has 1 unspecified atom stereocenters. The monoisotopic (exact) mass is 346 g/mol. The minimum absolute atomic E-state index is 0.0802. The van der Waals surface area contributed by atoms with Gasteiger partial charge in [0.15, 0.2) is 0 Å². The first-order valence-corrected chi connectivity index (χ1v) is 9.03. The molecule has 1 amide bonds. The van der Waals surface area contributed by atoms with Crippen LogP contribution in [0.5, 0.6) is 5.75 Å². The Bertz CT molecular complexity index is 640. The smallest absolute Gasteiger partial charge is 0.326 e. The number of carbonyl (C=O) groups excluding carboxylic acids is 1. The number of aliphatic carboxylic acids is 1. The number of amides is 1. The summed E-state index contributed by atoms with van der Waals surface area (Å²) in [6, 6.07) is 6.35. The van der Waals surface area contributed by atoms with Crippen molar-refractivity contribution in [1.29, 1.82) is 0 Å². The predicted octanol–water partition coefficient (Wildman–Crippen LogP) is 2.14. The molecule has 0 aliphatic carbocycles. The molecule has 6 heteroatoms. The third-order valence-corrected chi connectivity index (χ3v) is 5.30. The van der Waals surface area contributed by atoms with Crippen LogP contribution in [0, 0.1) is 5.41 Å². The first kappa shape index (κ1) is 17.7. The lowest BCUT2D eigenvalue weighted by atomic mass is 9.77. The molecule has 2 heterocycles. The van der Waals surface area contributed by atoms with Gasteiger partial charge >= 0.3 is 5.97 Å². The highest BCUT2D eigenvalue weighted by Gasteiger charge is 2.49. The van der Waals surface area contributed by atoms with E-state index in [0.29, 0.717) is 30.9 Å². The summed E-state index contributed by atoms with van der Waals surface area (Å²) in [6.07, 6.45) is 3.21. The second-order valence-corrected chi connectivity index (χ2v) is 7.09. The number of piperidine rings is 1. The summed E-state index contributed by atoms with van der Waals surface area (Å²) in [7, 11) is 0. The van der Waals surface area contributed by atoms with Crippen molar-refractivity contribution in [2.24, 2.45) is 5.41 Å². The highest BCUT2D eigenvalue weighted by molar-refractivity contribution is 5.99. The number of rotatable bonds is 5. The lowest BCUT2D eigenvalue weighted by molar-refractivity contribution is -0.141. The van der Waals surface area contributed by atoms with Crippen molar-refractivity contribution in [2.45, 2.75) is 38.6 Å². The van der Waals surface area contributed by atoms with Gasteiger partial charge in [-0.15, -0.1) is 0 Å². The molecule has 1 aromatic carbocycles. The summed E-state index contributed by atoms with van der Waals surface area (Å²) in [5.74, 6) is -0.630. The Morgan fingerprint density at radius 1 is 1.32 bits per heavy atom. The average Bonchev–Trinajstić information content (AvgIpc) is 2.99. The van der Waals surface area contributed by atoms with E-state index in [0.717, 1.165) is 32.4 Å². The van der Waals surface area contributed by atoms with Gasteiger partial charge in [0.25, 0.3) is 5.91 Å². The average molecular weight is 346 g/mol. The molecular weight excluding hydrogens is 320 g/mol. The number of para-hydroxylation sites is 1. The van der Waals surface area contributed by atoms with E-state index in [1.165, 1.54) is 0 Å². The van der Waals surface area contributed by atoms with Crippen LogP contribution in [0.3, 0.4) is 0 Å². The van der Waals surface area contributed by atoms with Gasteiger partial charge in [0.1, 0.15) is 11.8 Å². The molecule has 0 saturated carbocycles. The molecule has 1 aromatic rings. The van der Waals surface area contributed by atoms with Crippen LogP contribution in [0.1, 0.15) is 43.0 Å². The molecule has 2 saturated heterocycles. The maximum absolute atomic E-state index is 13.1. The molecule has 136 valence electrons. The molecule has 2 aliphatic rings. The standard InChI is InChI=1S/C19H26N2O4/c1-2-11-25-16-6-4-3-5-14(16)17(22)21-13-19(7-9-20-10-8-19)12-15(21)18(23)24/h3-6,15,20H,2,7-13H2,1H3,(H,23,24). The summed E-state index contributed by atoms with van der Waals surface area (Å²) < 4.78 is 5.69. The second-order valence-electron chi connectivity index (χ2n) is 7.09. The van der Waals surface area contributed by atoms with Crippen LogP contribution in [0.15, 0.2) is 24.3 Å². The van der Waals surface area contributed by atoms with Crippen LogP contribution >= 0.6 is 0 Å². The minimum Gasteiger partial charge on any atom is -0.493 e. The van der Waals surface area contributed by atoms with E-state index in [1.807, 2.05) is 13.0 Å². The van der Waals surface area contributed by atoms with Gasteiger partial charge < -0.3 is 20.1 Å². The number of carboxylic acids is 1. The van der Waals surface area contributed by atoms with E-state index in [4.69, 9.17) is 4.74 Å². The SMILES string of the molecule is CCCOc1ccccc1C(=O)N1CC2(CCNCC2)CC1C(=O)O. The van der Waals surface area contributed by atoms with Gasteiger partial charge in [-0.3, -0.25) is 4.79 Å². The number of benzene rings is 1. The molecule has 2 N–H and O–H groups in total. The van der Waals surface area contributed by atoms with Gasteiger partial charge in [0, 0.05) is 6.54 Å². The van der Waals surface area contributed by atoms with Gasteiger partial charge in [-0.25, -0.2) is 4.79 Å². The molecule has 2 fully saturated rings. The number of likely N-dealkylation sites (tertiary alicyclic amines) is 1. The first-order chi connectivity index (χ1) is 12.1. The van der Waals surface area contributed by atoms with Crippen molar-refractivity contribution in [3.05, 3.63) is 29.8 Å². The summed E-state index contributed by atoms with van der Waals surface area (Å²) in [6.45, 7) is 4.80. The van der Waals surface area contributed by atoms with Crippen molar-refractivity contribution >= 4 is 11.9 Å². The lowest BCUT2D eigenvalue weighted by Crippen LogP contribution is -2.42. The molecule has 0 radical (unpaired) electrons. The van der Waals surface area contributed by atoms with Gasteiger partial charge in [0.05, 0.1) is 12.2 Å². The maximum Gasteiger partial charge on any atom is 0.326 e. The van der Waals surface area contributed by atoms with Gasteiger partial charge in [0.2, 0.25) is 0 Å². The third-order valence-electron chi connectivity index (χ3n) is 5.30. The Morgan fingerprint density at radius 2 is 2.04 bits per heavy atom. The number of nitrogens with zero attached hydrogens (tertiary/aromatic N) is 1. The van der Waals surface area contributed by atoms with Crippen molar-refractivity contribution < 1.29 is 19.4 Å². The Balaban J connectivity index is 1.86. The number of nitrogens with one attached hydrogen (secondary N) is 1. The Hall–Kier alpha value is -2.08. The van der Waals surface area contributed by atoms with Gasteiger partial charge in [-0.1, -0.05) is 19.1 Å². The van der Waals surface area contributed by atoms with Crippen LogP contribution in [0.4, 0.5) is 0 Å². The zero-order chi connectivity index (χ0) is 17.9. The summed E-state index contributed by atoms with van der Waals surface area (Å²) in [5.41, 5.74) is 0.372. The fraction of sp³-hybridized carbons (Fsp3) is 0.579. The molecule has 25 heavy (non-hydrogen) atoms. The number of hydrogen-bond acceptors (Lipinski definition) is 4. The van der Waals surface area contributed by atoms with Crippen molar-refractivity contribution in [3.63, 3.8) is 0 Å². The Morgan fingerprint density at radius 3 is 2.72 bits per heavy atom. The maximum atomic E-state index is 13.1. The molecule has 1 spiro atoms. The summed E-state index contributed by atoms with van der Waals surface area (Å²) in [4.78, 5) is 26.5.